The molecule has 1 atom stereocenters. The van der Waals surface area contributed by atoms with Crippen molar-refractivity contribution in [3.05, 3.63) is 34.1 Å². The number of ether oxygens (including phenoxy) is 1. The molecule has 2 nitrogen and oxygen atoms in total. The Morgan fingerprint density at radius 1 is 1.53 bits per heavy atom. The number of rotatable bonds is 4. The van der Waals surface area contributed by atoms with Crippen molar-refractivity contribution in [2.24, 2.45) is 11.7 Å². The monoisotopic (exact) mass is 301 g/mol. The fourth-order valence-electron chi connectivity index (χ4n) is 2.60. The summed E-state index contributed by atoms with van der Waals surface area (Å²) in [4.78, 5) is 0. The highest BCUT2D eigenvalue weighted by Gasteiger charge is 2.47. The van der Waals surface area contributed by atoms with Crippen LogP contribution in [-0.2, 0) is 10.2 Å². The molecule has 1 aromatic rings. The topological polar surface area (TPSA) is 35.2 Å². The molecule has 1 aliphatic rings. The van der Waals surface area contributed by atoms with Crippen LogP contribution in [0.15, 0.2) is 22.7 Å². The fraction of sp³-hybridized carbons (Fsp3) is 0.538. The fourth-order valence-corrected chi connectivity index (χ4v) is 2.96. The lowest BCUT2D eigenvalue weighted by molar-refractivity contribution is -0.0913. The summed E-state index contributed by atoms with van der Waals surface area (Å²) >= 11 is 3.40. The van der Waals surface area contributed by atoms with Gasteiger partial charge in [0.25, 0.3) is 0 Å². The molecule has 17 heavy (non-hydrogen) atoms. The zero-order valence-corrected chi connectivity index (χ0v) is 11.5. The van der Waals surface area contributed by atoms with Crippen molar-refractivity contribution in [3.63, 3.8) is 0 Å². The van der Waals surface area contributed by atoms with Gasteiger partial charge in [-0.15, -0.1) is 0 Å². The Hall–Kier alpha value is -0.450. The van der Waals surface area contributed by atoms with Gasteiger partial charge >= 0.3 is 0 Å². The summed E-state index contributed by atoms with van der Waals surface area (Å²) < 4.78 is 20.2. The maximum Gasteiger partial charge on any atom is 0.127 e. The van der Waals surface area contributed by atoms with E-state index in [0.717, 1.165) is 16.5 Å². The highest BCUT2D eigenvalue weighted by molar-refractivity contribution is 9.10. The van der Waals surface area contributed by atoms with E-state index in [9.17, 15) is 4.39 Å². The normalized spacial score (nSPS) is 19.8. The summed E-state index contributed by atoms with van der Waals surface area (Å²) in [6.45, 7) is 3.78. The van der Waals surface area contributed by atoms with Crippen molar-refractivity contribution in [1.82, 2.24) is 0 Å². The molecule has 1 unspecified atom stereocenters. The third-order valence-electron chi connectivity index (χ3n) is 3.74. The molecule has 1 heterocycles. The lowest BCUT2D eigenvalue weighted by Gasteiger charge is -2.47. The van der Waals surface area contributed by atoms with E-state index < -0.39 is 0 Å². The lowest BCUT2D eigenvalue weighted by atomic mass is 9.67. The highest BCUT2D eigenvalue weighted by Crippen LogP contribution is 2.42. The molecule has 94 valence electrons. The van der Waals surface area contributed by atoms with Crippen LogP contribution in [0.2, 0.25) is 0 Å². The first-order chi connectivity index (χ1) is 8.14. The van der Waals surface area contributed by atoms with Gasteiger partial charge in [0.15, 0.2) is 0 Å². The molecule has 0 bridgehead atoms. The minimum Gasteiger partial charge on any atom is -0.379 e. The second-order valence-electron chi connectivity index (χ2n) is 4.61. The number of hydrogen-bond donors (Lipinski definition) is 1. The van der Waals surface area contributed by atoms with Crippen LogP contribution >= 0.6 is 15.9 Å². The maximum atomic E-state index is 14.0. The van der Waals surface area contributed by atoms with Gasteiger partial charge < -0.3 is 10.5 Å². The van der Waals surface area contributed by atoms with Gasteiger partial charge in [-0.3, -0.25) is 0 Å². The molecular formula is C13H17BrFNO. The molecular weight excluding hydrogens is 285 g/mol. The Morgan fingerprint density at radius 2 is 2.24 bits per heavy atom. The van der Waals surface area contributed by atoms with Gasteiger partial charge in [0.1, 0.15) is 5.82 Å². The van der Waals surface area contributed by atoms with Gasteiger partial charge in [-0.05, 0) is 30.7 Å². The van der Waals surface area contributed by atoms with Crippen molar-refractivity contribution in [2.75, 3.05) is 19.8 Å². The maximum absolute atomic E-state index is 14.0. The van der Waals surface area contributed by atoms with E-state index >= 15 is 0 Å². The van der Waals surface area contributed by atoms with E-state index in [2.05, 4.69) is 22.9 Å². The van der Waals surface area contributed by atoms with Crippen LogP contribution in [0.25, 0.3) is 0 Å². The molecule has 2 rings (SSSR count). The predicted molar refractivity (Wildman–Crippen MR) is 69.4 cm³/mol. The van der Waals surface area contributed by atoms with Crippen LogP contribution in [-0.4, -0.2) is 19.8 Å². The van der Waals surface area contributed by atoms with Crippen LogP contribution in [0, 0.1) is 11.7 Å². The quantitative estimate of drug-likeness (QED) is 0.928. The van der Waals surface area contributed by atoms with Crippen LogP contribution in [0.3, 0.4) is 0 Å². The number of benzene rings is 1. The van der Waals surface area contributed by atoms with E-state index in [4.69, 9.17) is 10.5 Å². The molecule has 0 radical (unpaired) electrons. The van der Waals surface area contributed by atoms with Crippen LogP contribution in [0.4, 0.5) is 4.39 Å². The molecule has 1 aromatic carbocycles. The van der Waals surface area contributed by atoms with Gasteiger partial charge in [0.05, 0.1) is 13.2 Å². The zero-order chi connectivity index (χ0) is 12.5. The van der Waals surface area contributed by atoms with E-state index in [1.165, 1.54) is 6.07 Å². The second kappa shape index (κ2) is 5.04. The Bertz CT molecular complexity index is 402. The Morgan fingerprint density at radius 3 is 2.71 bits per heavy atom. The zero-order valence-electron chi connectivity index (χ0n) is 9.88. The average molecular weight is 302 g/mol. The van der Waals surface area contributed by atoms with Crippen molar-refractivity contribution < 1.29 is 9.13 Å². The SMILES string of the molecule is CCC(CN)C1(c2cc(Br)ccc2F)COC1. The molecule has 0 spiro atoms. The second-order valence-corrected chi connectivity index (χ2v) is 5.53. The largest absolute Gasteiger partial charge is 0.379 e. The van der Waals surface area contributed by atoms with Crippen LogP contribution in [0.1, 0.15) is 18.9 Å². The van der Waals surface area contributed by atoms with Gasteiger partial charge in [0, 0.05) is 15.5 Å². The van der Waals surface area contributed by atoms with Crippen molar-refractivity contribution in [3.8, 4) is 0 Å². The number of nitrogens with two attached hydrogens (primary N) is 1. The molecule has 0 aromatic heterocycles. The van der Waals surface area contributed by atoms with E-state index in [1.807, 2.05) is 6.07 Å². The van der Waals surface area contributed by atoms with Crippen LogP contribution < -0.4 is 5.73 Å². The average Bonchev–Trinajstić information content (AvgIpc) is 2.27. The summed E-state index contributed by atoms with van der Waals surface area (Å²) in [7, 11) is 0. The first-order valence-electron chi connectivity index (χ1n) is 5.87. The van der Waals surface area contributed by atoms with Crippen molar-refractivity contribution >= 4 is 15.9 Å². The Labute approximate surface area is 109 Å². The first kappa shape index (κ1) is 13.0. The number of halogens is 2. The van der Waals surface area contributed by atoms with Gasteiger partial charge in [-0.1, -0.05) is 29.3 Å². The molecule has 0 saturated carbocycles. The summed E-state index contributed by atoms with van der Waals surface area (Å²) in [6.07, 6.45) is 0.936. The van der Waals surface area contributed by atoms with E-state index in [0.29, 0.717) is 19.8 Å². The van der Waals surface area contributed by atoms with Crippen molar-refractivity contribution in [2.45, 2.75) is 18.8 Å². The van der Waals surface area contributed by atoms with Crippen LogP contribution in [0.5, 0.6) is 0 Å². The Balaban J connectivity index is 2.43. The molecule has 1 aliphatic heterocycles. The standard InChI is InChI=1S/C13H17BrFNO/c1-2-9(6-16)13(7-17-8-13)11-5-10(14)3-4-12(11)15/h3-5,9H,2,6-8,16H2,1H3. The number of hydrogen-bond acceptors (Lipinski definition) is 2. The van der Waals surface area contributed by atoms with E-state index in [1.54, 1.807) is 6.07 Å². The molecule has 4 heteroatoms. The third kappa shape index (κ3) is 2.14. The summed E-state index contributed by atoms with van der Waals surface area (Å²) in [5, 5.41) is 0. The summed E-state index contributed by atoms with van der Waals surface area (Å²) in [5.41, 5.74) is 6.31. The van der Waals surface area contributed by atoms with E-state index in [-0.39, 0.29) is 17.2 Å². The Kier molecular flexibility index (Phi) is 3.85. The van der Waals surface area contributed by atoms with Crippen molar-refractivity contribution in [1.29, 1.82) is 0 Å². The predicted octanol–water partition coefficient (Wildman–Crippen LogP) is 2.84. The molecule has 0 aliphatic carbocycles. The lowest BCUT2D eigenvalue weighted by Crippen LogP contribution is -2.54. The first-order valence-corrected chi connectivity index (χ1v) is 6.66. The van der Waals surface area contributed by atoms with Gasteiger partial charge in [-0.25, -0.2) is 4.39 Å². The third-order valence-corrected chi connectivity index (χ3v) is 4.24. The minimum absolute atomic E-state index is 0.164. The smallest absolute Gasteiger partial charge is 0.127 e. The summed E-state index contributed by atoms with van der Waals surface area (Å²) in [5.74, 6) is 0.100. The highest BCUT2D eigenvalue weighted by atomic mass is 79.9. The minimum atomic E-state index is -0.239. The molecule has 1 fully saturated rings. The molecule has 2 N–H and O–H groups in total. The molecule has 1 saturated heterocycles. The van der Waals surface area contributed by atoms with Gasteiger partial charge in [0.2, 0.25) is 0 Å². The van der Waals surface area contributed by atoms with Gasteiger partial charge in [-0.2, -0.15) is 0 Å². The summed E-state index contributed by atoms with van der Waals surface area (Å²) in [6, 6.07) is 5.08. The molecule has 0 amide bonds.